The van der Waals surface area contributed by atoms with Gasteiger partial charge in [0.2, 0.25) is 0 Å². The second-order valence-electron chi connectivity index (χ2n) is 6.78. The Morgan fingerprint density at radius 1 is 1.08 bits per heavy atom. The molecule has 0 atom stereocenters. The van der Waals surface area contributed by atoms with E-state index in [1.807, 2.05) is 13.1 Å². The Morgan fingerprint density at radius 3 is 2.72 bits per heavy atom. The number of pyridine rings is 1. The summed E-state index contributed by atoms with van der Waals surface area (Å²) >= 11 is 0. The van der Waals surface area contributed by atoms with Crippen LogP contribution in [0.25, 0.3) is 10.8 Å². The van der Waals surface area contributed by atoms with Crippen molar-refractivity contribution in [2.75, 3.05) is 18.0 Å². The van der Waals surface area contributed by atoms with E-state index >= 15 is 0 Å². The summed E-state index contributed by atoms with van der Waals surface area (Å²) in [6.07, 6.45) is 3.99. The van der Waals surface area contributed by atoms with Gasteiger partial charge in [-0.1, -0.05) is 24.3 Å². The highest BCUT2D eigenvalue weighted by molar-refractivity contribution is 5.92. The zero-order valence-corrected chi connectivity index (χ0v) is 14.4. The Balaban J connectivity index is 1.48. The number of hydrogen-bond acceptors (Lipinski definition) is 4. The van der Waals surface area contributed by atoms with Crippen molar-refractivity contribution in [1.82, 2.24) is 14.8 Å². The predicted octanol–water partition coefficient (Wildman–Crippen LogP) is 3.02. The van der Waals surface area contributed by atoms with E-state index < -0.39 is 0 Å². The predicted molar refractivity (Wildman–Crippen MR) is 99.9 cm³/mol. The topological polar surface area (TPSA) is 51.0 Å². The highest BCUT2D eigenvalue weighted by atomic mass is 16.1. The van der Waals surface area contributed by atoms with Gasteiger partial charge >= 0.3 is 0 Å². The van der Waals surface area contributed by atoms with E-state index in [1.165, 1.54) is 10.8 Å². The van der Waals surface area contributed by atoms with E-state index in [9.17, 15) is 4.79 Å². The maximum Gasteiger partial charge on any atom is 0.266 e. The van der Waals surface area contributed by atoms with Crippen LogP contribution in [0.15, 0.2) is 53.5 Å². The van der Waals surface area contributed by atoms with Crippen LogP contribution in [0.2, 0.25) is 0 Å². The molecule has 0 unspecified atom stereocenters. The number of nitrogens with zero attached hydrogens (tertiary/aromatic N) is 4. The number of aromatic nitrogens is 3. The summed E-state index contributed by atoms with van der Waals surface area (Å²) < 4.78 is 1.62. The molecule has 0 amide bonds. The molecule has 128 valence electrons. The zero-order chi connectivity index (χ0) is 17.2. The van der Waals surface area contributed by atoms with Crippen molar-refractivity contribution in [2.45, 2.75) is 26.3 Å². The van der Waals surface area contributed by atoms with Crippen LogP contribution in [0.4, 0.5) is 5.82 Å². The van der Waals surface area contributed by atoms with Gasteiger partial charge in [-0.15, -0.1) is 0 Å². The Morgan fingerprint density at radius 2 is 1.88 bits per heavy atom. The summed E-state index contributed by atoms with van der Waals surface area (Å²) in [5.74, 6) is 1.56. The summed E-state index contributed by atoms with van der Waals surface area (Å²) in [4.78, 5) is 18.9. The van der Waals surface area contributed by atoms with Crippen LogP contribution in [0.3, 0.4) is 0 Å². The van der Waals surface area contributed by atoms with Crippen molar-refractivity contribution in [1.29, 1.82) is 0 Å². The molecule has 0 bridgehead atoms. The lowest BCUT2D eigenvalue weighted by Gasteiger charge is -2.33. The van der Waals surface area contributed by atoms with E-state index in [4.69, 9.17) is 0 Å². The molecule has 1 fully saturated rings. The molecule has 1 aromatic carbocycles. The molecule has 25 heavy (non-hydrogen) atoms. The van der Waals surface area contributed by atoms with E-state index in [2.05, 4.69) is 45.3 Å². The minimum atomic E-state index is -0.0104. The number of benzene rings is 1. The lowest BCUT2D eigenvalue weighted by Crippen LogP contribution is -2.37. The van der Waals surface area contributed by atoms with Crippen molar-refractivity contribution < 1.29 is 0 Å². The Hall–Kier alpha value is -2.69. The number of fused-ring (bicyclic) bond motifs is 1. The number of rotatable bonds is 3. The number of piperidine rings is 1. The molecule has 1 aliphatic heterocycles. The first-order chi connectivity index (χ1) is 12.2. The highest BCUT2D eigenvalue weighted by Crippen LogP contribution is 2.28. The van der Waals surface area contributed by atoms with Crippen molar-refractivity contribution in [3.63, 3.8) is 0 Å². The summed E-state index contributed by atoms with van der Waals surface area (Å²) in [7, 11) is 0. The van der Waals surface area contributed by atoms with Gasteiger partial charge in [0.25, 0.3) is 5.56 Å². The summed E-state index contributed by atoms with van der Waals surface area (Å²) in [6, 6.07) is 13.8. The van der Waals surface area contributed by atoms with Crippen LogP contribution < -0.4 is 10.5 Å². The number of aryl methyl sites for hydroxylation is 1. The summed E-state index contributed by atoms with van der Waals surface area (Å²) in [5.41, 5.74) is 0.876. The van der Waals surface area contributed by atoms with Crippen LogP contribution in [0.1, 0.15) is 18.5 Å². The lowest BCUT2D eigenvalue weighted by atomic mass is 9.96. The molecule has 1 aliphatic rings. The van der Waals surface area contributed by atoms with Crippen LogP contribution >= 0.6 is 0 Å². The Kier molecular flexibility index (Phi) is 4.22. The van der Waals surface area contributed by atoms with Crippen LogP contribution in [0, 0.1) is 12.8 Å². The van der Waals surface area contributed by atoms with Crippen LogP contribution in [0.5, 0.6) is 0 Å². The lowest BCUT2D eigenvalue weighted by molar-refractivity contribution is 0.333. The van der Waals surface area contributed by atoms with E-state index in [0.29, 0.717) is 12.5 Å². The van der Waals surface area contributed by atoms with Crippen LogP contribution in [-0.2, 0) is 6.54 Å². The highest BCUT2D eigenvalue weighted by Gasteiger charge is 2.22. The first-order valence-corrected chi connectivity index (χ1v) is 8.84. The van der Waals surface area contributed by atoms with Gasteiger partial charge < -0.3 is 4.90 Å². The van der Waals surface area contributed by atoms with Gasteiger partial charge in [-0.05, 0) is 43.2 Å². The first-order valence-electron chi connectivity index (χ1n) is 8.84. The molecule has 2 aromatic heterocycles. The largest absolute Gasteiger partial charge is 0.356 e. The molecule has 0 spiro atoms. The number of anilines is 1. The monoisotopic (exact) mass is 334 g/mol. The molecular formula is C20H22N4O. The Labute approximate surface area is 146 Å². The summed E-state index contributed by atoms with van der Waals surface area (Å²) in [6.45, 7) is 4.56. The quantitative estimate of drug-likeness (QED) is 0.739. The van der Waals surface area contributed by atoms with Gasteiger partial charge in [-0.25, -0.2) is 9.67 Å². The van der Waals surface area contributed by atoms with Crippen molar-refractivity contribution >= 4 is 16.6 Å². The van der Waals surface area contributed by atoms with Gasteiger partial charge in [-0.2, -0.15) is 5.10 Å². The van der Waals surface area contributed by atoms with Gasteiger partial charge in [0, 0.05) is 37.3 Å². The van der Waals surface area contributed by atoms with Gasteiger partial charge in [0.1, 0.15) is 5.82 Å². The second-order valence-corrected chi connectivity index (χ2v) is 6.78. The van der Waals surface area contributed by atoms with Gasteiger partial charge in [-0.3, -0.25) is 4.79 Å². The molecule has 3 heterocycles. The maximum absolute atomic E-state index is 12.0. The molecule has 0 saturated carbocycles. The minimum Gasteiger partial charge on any atom is -0.356 e. The molecule has 4 rings (SSSR count). The molecule has 5 nitrogen and oxygen atoms in total. The first kappa shape index (κ1) is 15.8. The molecule has 0 radical (unpaired) electrons. The van der Waals surface area contributed by atoms with Gasteiger partial charge in [0.05, 0.1) is 5.69 Å². The SMILES string of the molecule is Cc1ccc(=O)n(CC2CCN(c3nccc4ccccc34)CC2)n1. The molecule has 0 aliphatic carbocycles. The average molecular weight is 334 g/mol. The van der Waals surface area contributed by atoms with Crippen molar-refractivity contribution in [2.24, 2.45) is 5.92 Å². The van der Waals surface area contributed by atoms with Crippen LogP contribution in [-0.4, -0.2) is 27.9 Å². The minimum absolute atomic E-state index is 0.0104. The fourth-order valence-electron chi connectivity index (χ4n) is 3.61. The van der Waals surface area contributed by atoms with Crippen molar-refractivity contribution in [3.8, 4) is 0 Å². The second kappa shape index (κ2) is 6.67. The van der Waals surface area contributed by atoms with Crippen molar-refractivity contribution in [3.05, 3.63) is 64.7 Å². The third-order valence-electron chi connectivity index (χ3n) is 5.00. The average Bonchev–Trinajstić information content (AvgIpc) is 2.65. The molecule has 5 heteroatoms. The third kappa shape index (κ3) is 3.27. The normalized spacial score (nSPS) is 15.6. The van der Waals surface area contributed by atoms with E-state index in [0.717, 1.165) is 37.4 Å². The molecular weight excluding hydrogens is 312 g/mol. The van der Waals surface area contributed by atoms with E-state index in [1.54, 1.807) is 16.8 Å². The standard InChI is InChI=1S/C20H22N4O/c1-15-6-7-19(25)24(22-15)14-16-9-12-23(13-10-16)20-18-5-3-2-4-17(18)8-11-21-20/h2-8,11,16H,9-10,12-14H2,1H3. The Bertz CT molecular complexity index is 936. The fraction of sp³-hybridized carbons (Fsp3) is 0.350. The van der Waals surface area contributed by atoms with E-state index in [-0.39, 0.29) is 5.56 Å². The third-order valence-corrected chi connectivity index (χ3v) is 5.00. The fourth-order valence-corrected chi connectivity index (χ4v) is 3.61. The summed E-state index contributed by atoms with van der Waals surface area (Å²) in [5, 5.41) is 6.80. The zero-order valence-electron chi connectivity index (χ0n) is 14.4. The maximum atomic E-state index is 12.0. The molecule has 1 saturated heterocycles. The molecule has 3 aromatic rings. The number of hydrogen-bond donors (Lipinski definition) is 0. The van der Waals surface area contributed by atoms with Gasteiger partial charge in [0.15, 0.2) is 0 Å². The molecule has 0 N–H and O–H groups in total. The smallest absolute Gasteiger partial charge is 0.266 e.